The zero-order chi connectivity index (χ0) is 24.5. The predicted molar refractivity (Wildman–Crippen MR) is 135 cm³/mol. The van der Waals surface area contributed by atoms with Crippen LogP contribution in [0, 0.1) is 6.57 Å². The normalized spacial score (nSPS) is 15.1. The number of amidine groups is 1. The molecule has 0 atom stereocenters. The fourth-order valence-electron chi connectivity index (χ4n) is 4.45. The van der Waals surface area contributed by atoms with Gasteiger partial charge in [0.2, 0.25) is 0 Å². The average molecular weight is 469 g/mol. The highest BCUT2D eigenvalue weighted by Crippen LogP contribution is 2.35. The molecule has 0 bridgehead atoms. The molecule has 4 rings (SSSR count). The van der Waals surface area contributed by atoms with Gasteiger partial charge < -0.3 is 19.7 Å². The minimum absolute atomic E-state index is 0.164. The van der Waals surface area contributed by atoms with Crippen molar-refractivity contribution in [2.45, 2.75) is 18.3 Å². The summed E-state index contributed by atoms with van der Waals surface area (Å²) in [4.78, 5) is 18.2. The Hall–Kier alpha value is -4.31. The molecule has 1 heterocycles. The van der Waals surface area contributed by atoms with Crippen LogP contribution in [0.15, 0.2) is 90.0 Å². The van der Waals surface area contributed by atoms with Crippen LogP contribution in [0.4, 0.5) is 0 Å². The summed E-state index contributed by atoms with van der Waals surface area (Å²) in [6, 6.07) is 27.1. The molecule has 178 valence electrons. The Labute approximate surface area is 205 Å². The van der Waals surface area contributed by atoms with Gasteiger partial charge in [-0.25, -0.2) is 0 Å². The zero-order valence-corrected chi connectivity index (χ0v) is 19.7. The molecule has 3 aromatic rings. The third-order valence-electron chi connectivity index (χ3n) is 6.40. The summed E-state index contributed by atoms with van der Waals surface area (Å²) in [6.45, 7) is 8.99. The first-order valence-corrected chi connectivity index (χ1v) is 11.5. The van der Waals surface area contributed by atoms with Crippen molar-refractivity contribution in [2.24, 2.45) is 5.10 Å². The lowest BCUT2D eigenvalue weighted by molar-refractivity contribution is 0.0927. The van der Waals surface area contributed by atoms with Gasteiger partial charge in [-0.3, -0.25) is 4.79 Å². The van der Waals surface area contributed by atoms with Crippen LogP contribution < -0.4 is 14.8 Å². The molecule has 0 aromatic heterocycles. The van der Waals surface area contributed by atoms with Crippen molar-refractivity contribution >= 4 is 11.9 Å². The van der Waals surface area contributed by atoms with Gasteiger partial charge in [-0.05, 0) is 42.7 Å². The lowest BCUT2D eigenvalue weighted by Gasteiger charge is -2.42. The molecule has 0 unspecified atom stereocenters. The number of nitrogens with one attached hydrogen (secondary N) is 1. The average Bonchev–Trinajstić information content (AvgIpc) is 2.93. The number of nitrogens with zero attached hydrogens (tertiary/aromatic N) is 3. The second kappa shape index (κ2) is 11.2. The minimum Gasteiger partial charge on any atom is -0.496 e. The Bertz CT molecular complexity index is 1200. The Kier molecular flexibility index (Phi) is 7.63. The van der Waals surface area contributed by atoms with Gasteiger partial charge in [0, 0.05) is 25.0 Å². The molecule has 0 saturated carbocycles. The number of para-hydroxylation sites is 2. The number of likely N-dealkylation sites (tertiary alicyclic amines) is 1. The van der Waals surface area contributed by atoms with Crippen LogP contribution in [-0.2, 0) is 5.41 Å². The number of rotatable bonds is 6. The highest BCUT2D eigenvalue weighted by molar-refractivity contribution is 5.97. The van der Waals surface area contributed by atoms with Gasteiger partial charge in [-0.2, -0.15) is 6.57 Å². The topological polar surface area (TPSA) is 67.5 Å². The van der Waals surface area contributed by atoms with Gasteiger partial charge >= 0.3 is 6.02 Å². The van der Waals surface area contributed by atoms with E-state index in [1.807, 2.05) is 65.6 Å². The third kappa shape index (κ3) is 5.61. The molecule has 7 heteroatoms. The molecular formula is C28H28N4O3. The van der Waals surface area contributed by atoms with E-state index in [-0.39, 0.29) is 11.3 Å². The minimum atomic E-state index is -0.259. The number of carbonyl (C=O) groups excluding carboxylic acids is 1. The van der Waals surface area contributed by atoms with Crippen molar-refractivity contribution < 1.29 is 14.3 Å². The van der Waals surface area contributed by atoms with E-state index < -0.39 is 0 Å². The van der Waals surface area contributed by atoms with Crippen LogP contribution in [0.2, 0.25) is 0 Å². The summed E-state index contributed by atoms with van der Waals surface area (Å²) < 4.78 is 11.3. The molecule has 1 amide bonds. The summed E-state index contributed by atoms with van der Waals surface area (Å²) in [5.41, 5.74) is 1.43. The molecular weight excluding hydrogens is 440 g/mol. The zero-order valence-electron chi connectivity index (χ0n) is 19.7. The Morgan fingerprint density at radius 1 is 1.00 bits per heavy atom. The van der Waals surface area contributed by atoms with Gasteiger partial charge in [0.05, 0.1) is 12.7 Å². The maximum absolute atomic E-state index is 13.0. The molecule has 7 nitrogen and oxygen atoms in total. The summed E-state index contributed by atoms with van der Waals surface area (Å²) >= 11 is 0. The van der Waals surface area contributed by atoms with Crippen molar-refractivity contribution in [3.8, 4) is 11.5 Å². The third-order valence-corrected chi connectivity index (χ3v) is 6.40. The molecule has 35 heavy (non-hydrogen) atoms. The van der Waals surface area contributed by atoms with Crippen LogP contribution in [0.25, 0.3) is 4.95 Å². The van der Waals surface area contributed by atoms with Crippen LogP contribution in [0.1, 0.15) is 28.8 Å². The molecule has 1 aliphatic heterocycles. The van der Waals surface area contributed by atoms with Crippen molar-refractivity contribution in [3.05, 3.63) is 108 Å². The number of piperidine rings is 1. The summed E-state index contributed by atoms with van der Waals surface area (Å²) in [5.74, 6) is 1.02. The summed E-state index contributed by atoms with van der Waals surface area (Å²) in [6.07, 6.45) is 1.52. The van der Waals surface area contributed by atoms with Crippen molar-refractivity contribution in [1.29, 1.82) is 0 Å². The van der Waals surface area contributed by atoms with E-state index in [0.717, 1.165) is 12.8 Å². The Morgan fingerprint density at radius 2 is 1.63 bits per heavy atom. The number of hydrogen-bond acceptors (Lipinski definition) is 4. The fraction of sp³-hybridized carbons (Fsp3) is 0.250. The highest BCUT2D eigenvalue weighted by Gasteiger charge is 2.38. The first-order valence-electron chi connectivity index (χ1n) is 11.5. The highest BCUT2D eigenvalue weighted by atomic mass is 16.5. The second-order valence-corrected chi connectivity index (χ2v) is 8.41. The number of benzene rings is 3. The van der Waals surface area contributed by atoms with Crippen LogP contribution in [0.3, 0.4) is 0 Å². The van der Waals surface area contributed by atoms with Crippen LogP contribution in [-0.4, -0.2) is 43.6 Å². The van der Waals surface area contributed by atoms with E-state index in [1.165, 1.54) is 5.56 Å². The fourth-order valence-corrected chi connectivity index (χ4v) is 4.45. The molecule has 1 aliphatic rings. The Balaban J connectivity index is 1.51. The molecule has 1 N–H and O–H groups in total. The van der Waals surface area contributed by atoms with Crippen molar-refractivity contribution in [3.63, 3.8) is 0 Å². The number of hydrogen-bond donors (Lipinski definition) is 1. The maximum atomic E-state index is 13.0. The standard InChI is InChI=1S/C28H28N4O3/c1-29-31-27(35-23-13-7-4-8-14-23)32-19-17-28(18-20-32,22-11-5-3-6-12-22)21-30-26(33)24-15-9-10-16-25(24)34-2/h3-16H,17-21H2,2H3,(H,30,33)/b31-27+. The Morgan fingerprint density at radius 3 is 2.29 bits per heavy atom. The van der Waals surface area contributed by atoms with Gasteiger partial charge in [0.15, 0.2) is 0 Å². The SMILES string of the molecule is [C-]#[N+]/N=C(/Oc1ccccc1)N1CCC(CNC(=O)c2ccccc2OC)(c2ccccc2)CC1. The summed E-state index contributed by atoms with van der Waals surface area (Å²) in [7, 11) is 1.56. The number of amides is 1. The predicted octanol–water partition coefficient (Wildman–Crippen LogP) is 4.73. The van der Waals surface area contributed by atoms with E-state index in [9.17, 15) is 4.79 Å². The van der Waals surface area contributed by atoms with E-state index in [0.29, 0.717) is 42.7 Å². The number of carbonyl (C=O) groups is 1. The summed E-state index contributed by atoms with van der Waals surface area (Å²) in [5, 5.41) is 7.07. The van der Waals surface area contributed by atoms with Crippen molar-refractivity contribution in [1.82, 2.24) is 10.2 Å². The van der Waals surface area contributed by atoms with Gasteiger partial charge in [0.25, 0.3) is 5.91 Å². The molecule has 0 spiro atoms. The maximum Gasteiger partial charge on any atom is 0.376 e. The second-order valence-electron chi connectivity index (χ2n) is 8.41. The van der Waals surface area contributed by atoms with E-state index in [1.54, 1.807) is 19.2 Å². The van der Waals surface area contributed by atoms with E-state index in [4.69, 9.17) is 16.0 Å². The van der Waals surface area contributed by atoms with Crippen LogP contribution in [0.5, 0.6) is 11.5 Å². The molecule has 0 radical (unpaired) electrons. The van der Waals surface area contributed by atoms with E-state index >= 15 is 0 Å². The van der Waals surface area contributed by atoms with Gasteiger partial charge in [0.1, 0.15) is 16.6 Å². The number of ether oxygens (including phenoxy) is 2. The number of methoxy groups -OCH3 is 1. The molecule has 0 aliphatic carbocycles. The molecule has 1 fully saturated rings. The smallest absolute Gasteiger partial charge is 0.376 e. The van der Waals surface area contributed by atoms with Gasteiger partial charge in [-0.15, -0.1) is 4.95 Å². The monoisotopic (exact) mass is 468 g/mol. The first-order chi connectivity index (χ1) is 17.1. The van der Waals surface area contributed by atoms with Crippen molar-refractivity contribution in [2.75, 3.05) is 26.7 Å². The lowest BCUT2D eigenvalue weighted by atomic mass is 9.72. The lowest BCUT2D eigenvalue weighted by Crippen LogP contribution is -2.51. The van der Waals surface area contributed by atoms with Crippen LogP contribution >= 0.6 is 0 Å². The molecule has 3 aromatic carbocycles. The van der Waals surface area contributed by atoms with Gasteiger partial charge in [-0.1, -0.05) is 60.7 Å². The molecule has 1 saturated heterocycles. The first kappa shape index (κ1) is 23.8. The largest absolute Gasteiger partial charge is 0.496 e. The quantitative estimate of drug-likeness (QED) is 0.246. The van der Waals surface area contributed by atoms with E-state index in [2.05, 4.69) is 27.5 Å².